The first-order valence-electron chi connectivity index (χ1n) is 13.6. The number of hydrogen-bond donors (Lipinski definition) is 1. The van der Waals surface area contributed by atoms with Crippen molar-refractivity contribution >= 4 is 22.4 Å². The molecule has 204 valence electrons. The molecular formula is C34H22F2N4OS. The second-order valence-electron chi connectivity index (χ2n) is 11.4. The average molecular weight is 573 g/mol. The minimum atomic E-state index is -3.35. The van der Waals surface area contributed by atoms with E-state index in [0.717, 1.165) is 50.3 Å². The number of nitriles is 1. The standard InChI is InChI=1S/C34H22F2N4OS/c1-31(18-32(19-37)23-5-2-3-6-24(23)33(31)26-8-4-7-25(32)28(26)33)29(41)40-30-39-27(17-42-30)34(35,36)22-11-9-20(10-12-22)21-13-15-38-16-14-21/h2-17H,18H2,1H3,(H,39,40,41). The van der Waals surface area contributed by atoms with Crippen LogP contribution in [0.25, 0.3) is 11.1 Å². The number of anilines is 1. The van der Waals surface area contributed by atoms with E-state index in [1.54, 1.807) is 24.5 Å². The normalized spacial score (nSPS) is 24.3. The van der Waals surface area contributed by atoms with E-state index in [-0.39, 0.29) is 23.0 Å². The number of alkyl halides is 2. The lowest BCUT2D eigenvalue weighted by Crippen LogP contribution is -2.57. The fraction of sp³-hybridized carbons (Fsp3) is 0.176. The van der Waals surface area contributed by atoms with Crippen LogP contribution in [0.4, 0.5) is 13.9 Å². The molecule has 9 rings (SSSR count). The van der Waals surface area contributed by atoms with Gasteiger partial charge in [-0.15, -0.1) is 11.3 Å². The van der Waals surface area contributed by atoms with E-state index in [2.05, 4.69) is 21.4 Å². The van der Waals surface area contributed by atoms with E-state index >= 15 is 8.78 Å². The second kappa shape index (κ2) is 8.17. The molecule has 0 radical (unpaired) electrons. The Labute approximate surface area is 244 Å². The molecule has 1 N–H and O–H groups in total. The van der Waals surface area contributed by atoms with Gasteiger partial charge in [-0.3, -0.25) is 9.78 Å². The summed E-state index contributed by atoms with van der Waals surface area (Å²) in [7, 11) is 0. The third kappa shape index (κ3) is 2.91. The largest absolute Gasteiger partial charge is 0.315 e. The third-order valence-corrected chi connectivity index (χ3v) is 10.2. The van der Waals surface area contributed by atoms with Gasteiger partial charge in [0.1, 0.15) is 11.1 Å². The maximum absolute atomic E-state index is 15.6. The van der Waals surface area contributed by atoms with Crippen LogP contribution in [0, 0.1) is 16.7 Å². The van der Waals surface area contributed by atoms with Gasteiger partial charge < -0.3 is 5.32 Å². The number of carbonyl (C=O) groups is 1. The number of carbonyl (C=O) groups excluding carboxylic acids is 1. The summed E-state index contributed by atoms with van der Waals surface area (Å²) in [5.41, 5.74) is 3.45. The highest BCUT2D eigenvalue weighted by atomic mass is 32.1. The minimum Gasteiger partial charge on any atom is -0.301 e. The van der Waals surface area contributed by atoms with Gasteiger partial charge in [-0.1, -0.05) is 66.7 Å². The summed E-state index contributed by atoms with van der Waals surface area (Å²) in [6.45, 7) is 1.89. The molecule has 0 fully saturated rings. The van der Waals surface area contributed by atoms with Crippen molar-refractivity contribution in [2.24, 2.45) is 5.41 Å². The van der Waals surface area contributed by atoms with Gasteiger partial charge in [-0.2, -0.15) is 14.0 Å². The molecule has 3 atom stereocenters. The first-order valence-corrected chi connectivity index (χ1v) is 14.5. The van der Waals surface area contributed by atoms with Gasteiger partial charge in [0, 0.05) is 23.3 Å². The van der Waals surface area contributed by atoms with E-state index in [1.807, 2.05) is 61.5 Å². The fourth-order valence-electron chi connectivity index (χ4n) is 7.55. The lowest BCUT2D eigenvalue weighted by atomic mass is 9.47. The highest BCUT2D eigenvalue weighted by Gasteiger charge is 2.77. The minimum absolute atomic E-state index is 0.103. The molecule has 1 amide bonds. The molecule has 3 unspecified atom stereocenters. The number of amides is 1. The molecule has 4 aliphatic carbocycles. The van der Waals surface area contributed by atoms with Crippen molar-refractivity contribution in [1.82, 2.24) is 9.97 Å². The van der Waals surface area contributed by atoms with Crippen LogP contribution in [0.2, 0.25) is 0 Å². The number of rotatable bonds is 5. The number of pyridine rings is 1. The number of nitrogens with zero attached hydrogens (tertiary/aromatic N) is 3. The zero-order chi connectivity index (χ0) is 28.9. The van der Waals surface area contributed by atoms with E-state index in [1.165, 1.54) is 17.5 Å². The summed E-state index contributed by atoms with van der Waals surface area (Å²) in [6.07, 6.45) is 3.60. The molecule has 8 heteroatoms. The SMILES string of the molecule is CC1(C(=O)Nc2nc(C(F)(F)c3ccc(-c4ccncc4)cc3)cs2)CC2(C#N)c3ccccc3C13c1cccc2c13. The van der Waals surface area contributed by atoms with Crippen molar-refractivity contribution < 1.29 is 13.6 Å². The maximum Gasteiger partial charge on any atom is 0.315 e. The Kier molecular flexibility index (Phi) is 4.87. The van der Waals surface area contributed by atoms with Gasteiger partial charge >= 0.3 is 5.92 Å². The molecule has 5 nitrogen and oxygen atoms in total. The van der Waals surface area contributed by atoms with Crippen molar-refractivity contribution in [2.45, 2.75) is 30.1 Å². The molecule has 1 spiro atoms. The van der Waals surface area contributed by atoms with Crippen LogP contribution < -0.4 is 5.32 Å². The Morgan fingerprint density at radius 1 is 0.929 bits per heavy atom. The van der Waals surface area contributed by atoms with Crippen molar-refractivity contribution in [1.29, 1.82) is 5.26 Å². The third-order valence-electron chi connectivity index (χ3n) is 9.48. The van der Waals surface area contributed by atoms with E-state index in [4.69, 9.17) is 0 Å². The lowest BCUT2D eigenvalue weighted by molar-refractivity contribution is -0.128. The number of aromatic nitrogens is 2. The number of nitrogens with one attached hydrogen (secondary N) is 1. The number of hydrogen-bond acceptors (Lipinski definition) is 5. The fourth-order valence-corrected chi connectivity index (χ4v) is 8.28. The molecule has 4 aliphatic rings. The summed E-state index contributed by atoms with van der Waals surface area (Å²) in [5, 5.41) is 14.8. The molecule has 2 heterocycles. The van der Waals surface area contributed by atoms with Gasteiger partial charge in [-0.05, 0) is 64.4 Å². The van der Waals surface area contributed by atoms with Crippen LogP contribution in [-0.2, 0) is 21.5 Å². The molecule has 42 heavy (non-hydrogen) atoms. The second-order valence-corrected chi connectivity index (χ2v) is 12.3. The smallest absolute Gasteiger partial charge is 0.301 e. The summed E-state index contributed by atoms with van der Waals surface area (Å²) in [5.74, 6) is -3.68. The number of benzene rings is 3. The highest BCUT2D eigenvalue weighted by molar-refractivity contribution is 7.14. The molecule has 0 saturated heterocycles. The summed E-state index contributed by atoms with van der Waals surface area (Å²) in [4.78, 5) is 22.3. The van der Waals surface area contributed by atoms with Crippen LogP contribution in [0.3, 0.4) is 0 Å². The Hall–Kier alpha value is -4.74. The Balaban J connectivity index is 1.11. The first kappa shape index (κ1) is 25.0. The van der Waals surface area contributed by atoms with Gasteiger partial charge in [0.2, 0.25) is 5.91 Å². The summed E-state index contributed by atoms with van der Waals surface area (Å²) < 4.78 is 31.1. The van der Waals surface area contributed by atoms with Crippen molar-refractivity contribution in [3.63, 3.8) is 0 Å². The Morgan fingerprint density at radius 3 is 2.33 bits per heavy atom. The van der Waals surface area contributed by atoms with Gasteiger partial charge in [-0.25, -0.2) is 4.98 Å². The molecule has 5 aromatic rings. The van der Waals surface area contributed by atoms with Crippen molar-refractivity contribution in [3.8, 4) is 17.2 Å². The van der Waals surface area contributed by atoms with E-state index in [9.17, 15) is 10.1 Å². The topological polar surface area (TPSA) is 78.7 Å². The van der Waals surface area contributed by atoms with Crippen molar-refractivity contribution in [3.05, 3.63) is 136 Å². The molecule has 2 aromatic heterocycles. The van der Waals surface area contributed by atoms with E-state index < -0.39 is 27.9 Å². The van der Waals surface area contributed by atoms with E-state index in [0.29, 0.717) is 0 Å². The maximum atomic E-state index is 15.6. The number of fused-ring (bicyclic) bond motifs is 1. The predicted octanol–water partition coefficient (Wildman–Crippen LogP) is 7.16. The van der Waals surface area contributed by atoms with Gasteiger partial charge in [0.15, 0.2) is 5.13 Å². The van der Waals surface area contributed by atoms with Crippen LogP contribution in [0.1, 0.15) is 52.4 Å². The monoisotopic (exact) mass is 572 g/mol. The highest BCUT2D eigenvalue weighted by Crippen LogP contribution is 2.77. The molecule has 0 aliphatic heterocycles. The zero-order valence-electron chi connectivity index (χ0n) is 22.4. The predicted molar refractivity (Wildman–Crippen MR) is 155 cm³/mol. The zero-order valence-corrected chi connectivity index (χ0v) is 23.2. The quantitative estimate of drug-likeness (QED) is 0.242. The van der Waals surface area contributed by atoms with Crippen LogP contribution in [-0.4, -0.2) is 15.9 Å². The average Bonchev–Trinajstić information content (AvgIpc) is 3.49. The summed E-state index contributed by atoms with van der Waals surface area (Å²) >= 11 is 0.971. The molecule has 0 saturated carbocycles. The van der Waals surface area contributed by atoms with Crippen LogP contribution >= 0.6 is 11.3 Å². The molecule has 2 bridgehead atoms. The lowest BCUT2D eigenvalue weighted by Gasteiger charge is -2.52. The Bertz CT molecular complexity index is 1980. The van der Waals surface area contributed by atoms with Crippen LogP contribution in [0.15, 0.2) is 96.6 Å². The first-order chi connectivity index (χ1) is 20.3. The number of thiazole rings is 1. The molecular weight excluding hydrogens is 550 g/mol. The van der Waals surface area contributed by atoms with Crippen molar-refractivity contribution in [2.75, 3.05) is 5.32 Å². The van der Waals surface area contributed by atoms with Crippen LogP contribution in [0.5, 0.6) is 0 Å². The summed E-state index contributed by atoms with van der Waals surface area (Å²) in [6, 6.07) is 26.1. The Morgan fingerprint density at radius 2 is 1.60 bits per heavy atom. The van der Waals surface area contributed by atoms with Gasteiger partial charge in [0.05, 0.1) is 16.9 Å². The molecule has 3 aromatic carbocycles. The number of halogens is 2. The van der Waals surface area contributed by atoms with Gasteiger partial charge in [0.25, 0.3) is 0 Å².